The maximum absolute atomic E-state index is 11.2. The van der Waals surface area contributed by atoms with Gasteiger partial charge < -0.3 is 14.8 Å². The predicted molar refractivity (Wildman–Crippen MR) is 111 cm³/mol. The van der Waals surface area contributed by atoms with Gasteiger partial charge in [-0.1, -0.05) is 12.2 Å². The van der Waals surface area contributed by atoms with Gasteiger partial charge in [0.1, 0.15) is 0 Å². The van der Waals surface area contributed by atoms with Crippen molar-refractivity contribution in [2.75, 3.05) is 19.0 Å². The molecule has 1 N–H and O–H groups in total. The second-order valence-electron chi connectivity index (χ2n) is 6.97. The van der Waals surface area contributed by atoms with Gasteiger partial charge in [-0.2, -0.15) is 0 Å². The fourth-order valence-corrected chi connectivity index (χ4v) is 4.80. The van der Waals surface area contributed by atoms with E-state index in [1.165, 1.54) is 0 Å². The Morgan fingerprint density at radius 2 is 2.14 bits per heavy atom. The van der Waals surface area contributed by atoms with Gasteiger partial charge in [0, 0.05) is 23.7 Å². The minimum atomic E-state index is -0.339. The molecule has 0 fully saturated rings. The normalized spacial score (nSPS) is 22.2. The molecule has 6 nitrogen and oxygen atoms in total. The molecular formula is C21H21BrN2O4. The highest BCUT2D eigenvalue weighted by atomic mass is 79.9. The van der Waals surface area contributed by atoms with Crippen molar-refractivity contribution in [2.45, 2.75) is 25.3 Å². The Hall–Kier alpha value is -2.54. The summed E-state index contributed by atoms with van der Waals surface area (Å²) in [6, 6.07) is 9.20. The highest BCUT2D eigenvalue weighted by Gasteiger charge is 2.39. The van der Waals surface area contributed by atoms with Crippen molar-refractivity contribution < 1.29 is 14.4 Å². The van der Waals surface area contributed by atoms with Gasteiger partial charge in [-0.3, -0.25) is 10.1 Å². The fraction of sp³-hybridized carbons (Fsp3) is 0.333. The summed E-state index contributed by atoms with van der Waals surface area (Å²) in [5.74, 6) is 1.81. The smallest absolute Gasteiger partial charge is 0.269 e. The second-order valence-corrected chi connectivity index (χ2v) is 7.83. The van der Waals surface area contributed by atoms with Crippen LogP contribution in [0.2, 0.25) is 0 Å². The Morgan fingerprint density at radius 1 is 1.32 bits per heavy atom. The number of hydrogen-bond donors (Lipinski definition) is 1. The lowest BCUT2D eigenvalue weighted by Crippen LogP contribution is -2.29. The van der Waals surface area contributed by atoms with E-state index in [-0.39, 0.29) is 28.5 Å². The van der Waals surface area contributed by atoms with Crippen molar-refractivity contribution in [3.8, 4) is 11.5 Å². The van der Waals surface area contributed by atoms with Crippen molar-refractivity contribution in [1.82, 2.24) is 0 Å². The molecule has 1 heterocycles. The van der Waals surface area contributed by atoms with E-state index >= 15 is 0 Å². The number of ether oxygens (including phenoxy) is 2. The van der Waals surface area contributed by atoms with E-state index in [0.717, 1.165) is 27.7 Å². The third-order valence-corrected chi connectivity index (χ3v) is 6.05. The molecule has 0 amide bonds. The molecule has 0 spiro atoms. The van der Waals surface area contributed by atoms with Gasteiger partial charge >= 0.3 is 0 Å². The molecule has 28 heavy (non-hydrogen) atoms. The van der Waals surface area contributed by atoms with Crippen LogP contribution in [0.5, 0.6) is 11.5 Å². The topological polar surface area (TPSA) is 73.6 Å². The van der Waals surface area contributed by atoms with E-state index in [1.807, 2.05) is 19.1 Å². The number of rotatable bonds is 5. The molecule has 2 aromatic carbocycles. The summed E-state index contributed by atoms with van der Waals surface area (Å²) in [5, 5.41) is 14.8. The maximum atomic E-state index is 11.2. The van der Waals surface area contributed by atoms with Crippen LogP contribution in [0.1, 0.15) is 36.4 Å². The number of nitrogens with zero attached hydrogens (tertiary/aromatic N) is 1. The van der Waals surface area contributed by atoms with E-state index in [9.17, 15) is 10.1 Å². The van der Waals surface area contributed by atoms with Gasteiger partial charge in [0.2, 0.25) is 0 Å². The van der Waals surface area contributed by atoms with Crippen LogP contribution in [0.15, 0.2) is 47.0 Å². The number of nitrogens with one attached hydrogen (secondary N) is 1. The number of allylic oxidation sites excluding steroid dienone is 2. The zero-order valence-electron chi connectivity index (χ0n) is 15.6. The molecule has 0 radical (unpaired) electrons. The van der Waals surface area contributed by atoms with Gasteiger partial charge in [0.05, 0.1) is 29.2 Å². The average Bonchev–Trinajstić information content (AvgIpc) is 3.18. The molecule has 0 saturated heterocycles. The van der Waals surface area contributed by atoms with Crippen molar-refractivity contribution in [2.24, 2.45) is 5.92 Å². The van der Waals surface area contributed by atoms with Gasteiger partial charge in [-0.15, -0.1) is 0 Å². The van der Waals surface area contributed by atoms with Crippen LogP contribution in [0.3, 0.4) is 0 Å². The summed E-state index contributed by atoms with van der Waals surface area (Å²) in [6.45, 7) is 2.49. The molecule has 7 heteroatoms. The second kappa shape index (κ2) is 7.47. The predicted octanol–water partition coefficient (Wildman–Crippen LogP) is 5.59. The Labute approximate surface area is 171 Å². The van der Waals surface area contributed by atoms with E-state index in [1.54, 1.807) is 19.2 Å². The number of anilines is 1. The Balaban J connectivity index is 1.76. The number of nitro benzene ring substituents is 1. The van der Waals surface area contributed by atoms with Crippen molar-refractivity contribution in [1.29, 1.82) is 0 Å². The Kier molecular flexibility index (Phi) is 5.02. The molecule has 0 saturated carbocycles. The van der Waals surface area contributed by atoms with Crippen LogP contribution in [-0.4, -0.2) is 18.6 Å². The minimum absolute atomic E-state index is 0.0647. The summed E-state index contributed by atoms with van der Waals surface area (Å²) in [7, 11) is 1.64. The van der Waals surface area contributed by atoms with Gasteiger partial charge in [0.15, 0.2) is 11.5 Å². The SMILES string of the molecule is CCOc1c(Br)cc([C@@H]2Nc3ccc([N+](=O)[O-])cc3[C@H]3C=CC[C@H]32)cc1OC. The maximum Gasteiger partial charge on any atom is 0.269 e. The lowest BCUT2D eigenvalue weighted by molar-refractivity contribution is -0.384. The molecule has 2 aliphatic rings. The Bertz CT molecular complexity index is 960. The number of fused-ring (bicyclic) bond motifs is 3. The lowest BCUT2D eigenvalue weighted by atomic mass is 9.77. The average molecular weight is 445 g/mol. The number of halogens is 1. The van der Waals surface area contributed by atoms with Gasteiger partial charge in [-0.25, -0.2) is 0 Å². The van der Waals surface area contributed by atoms with Gasteiger partial charge in [0.25, 0.3) is 5.69 Å². The van der Waals surface area contributed by atoms with Crippen LogP contribution in [0, 0.1) is 16.0 Å². The molecule has 146 valence electrons. The third-order valence-electron chi connectivity index (χ3n) is 5.46. The van der Waals surface area contributed by atoms with Crippen molar-refractivity contribution in [3.05, 3.63) is 68.2 Å². The van der Waals surface area contributed by atoms with Crippen LogP contribution in [0.4, 0.5) is 11.4 Å². The first-order valence-electron chi connectivity index (χ1n) is 9.25. The molecule has 3 atom stereocenters. The first kappa shape index (κ1) is 18.8. The quantitative estimate of drug-likeness (QED) is 0.369. The third kappa shape index (κ3) is 3.13. The first-order chi connectivity index (χ1) is 13.5. The molecule has 1 aliphatic carbocycles. The van der Waals surface area contributed by atoms with Crippen molar-refractivity contribution in [3.63, 3.8) is 0 Å². The summed E-state index contributed by atoms with van der Waals surface area (Å²) in [6.07, 6.45) is 5.25. The van der Waals surface area contributed by atoms with E-state index < -0.39 is 0 Å². The van der Waals surface area contributed by atoms with Gasteiger partial charge in [-0.05, 0) is 64.5 Å². The molecule has 0 unspecified atom stereocenters. The van der Waals surface area contributed by atoms with Crippen LogP contribution in [0.25, 0.3) is 0 Å². The van der Waals surface area contributed by atoms with Crippen molar-refractivity contribution >= 4 is 27.3 Å². The highest BCUT2D eigenvalue weighted by molar-refractivity contribution is 9.10. The Morgan fingerprint density at radius 3 is 2.86 bits per heavy atom. The summed E-state index contributed by atoms with van der Waals surface area (Å²) in [5.41, 5.74) is 3.15. The standard InChI is InChI=1S/C21H21BrN2O4/c1-3-28-21-17(22)9-12(10-19(21)27-2)20-15-6-4-5-14(15)16-11-13(24(25)26)7-8-18(16)23-20/h4-5,7-11,14-15,20,23H,3,6H2,1-2H3/t14-,15+,20-/m0/s1. The number of benzene rings is 2. The monoisotopic (exact) mass is 444 g/mol. The van der Waals surface area contributed by atoms with E-state index in [4.69, 9.17) is 9.47 Å². The number of methoxy groups -OCH3 is 1. The lowest BCUT2D eigenvalue weighted by Gasteiger charge is -2.37. The molecular weight excluding hydrogens is 424 g/mol. The summed E-state index contributed by atoms with van der Waals surface area (Å²) in [4.78, 5) is 10.9. The number of hydrogen-bond acceptors (Lipinski definition) is 5. The zero-order valence-corrected chi connectivity index (χ0v) is 17.2. The minimum Gasteiger partial charge on any atom is -0.493 e. The summed E-state index contributed by atoms with van der Waals surface area (Å²) < 4.78 is 12.1. The van der Waals surface area contributed by atoms with E-state index in [0.29, 0.717) is 18.1 Å². The zero-order chi connectivity index (χ0) is 19.8. The molecule has 4 rings (SSSR count). The van der Waals surface area contributed by atoms with E-state index in [2.05, 4.69) is 39.5 Å². The highest BCUT2D eigenvalue weighted by Crippen LogP contribution is 2.51. The molecule has 0 aromatic heterocycles. The number of non-ortho nitro benzene ring substituents is 1. The molecule has 1 aliphatic heterocycles. The largest absolute Gasteiger partial charge is 0.493 e. The molecule has 2 aromatic rings. The van der Waals surface area contributed by atoms with Crippen LogP contribution in [-0.2, 0) is 0 Å². The first-order valence-corrected chi connectivity index (χ1v) is 10.0. The van der Waals surface area contributed by atoms with Crippen LogP contribution < -0.4 is 14.8 Å². The number of nitro groups is 1. The molecule has 0 bridgehead atoms. The van der Waals surface area contributed by atoms with Crippen LogP contribution >= 0.6 is 15.9 Å². The summed E-state index contributed by atoms with van der Waals surface area (Å²) >= 11 is 3.61. The fourth-order valence-electron chi connectivity index (χ4n) is 4.23.